The molecule has 1 saturated carbocycles. The summed E-state index contributed by atoms with van der Waals surface area (Å²) in [5.41, 5.74) is 1.36. The molecule has 1 aliphatic carbocycles. The van der Waals surface area contributed by atoms with Crippen LogP contribution in [0, 0.1) is 17.6 Å². The Bertz CT molecular complexity index is 1070. The molecule has 0 radical (unpaired) electrons. The van der Waals surface area contributed by atoms with Gasteiger partial charge in [-0.3, -0.25) is 0 Å². The smallest absolute Gasteiger partial charge is 0.426 e. The summed E-state index contributed by atoms with van der Waals surface area (Å²) in [7, 11) is 0. The molecule has 3 aromatic rings. The molecule has 4 rings (SSSR count). The minimum Gasteiger partial charge on any atom is -0.428 e. The third kappa shape index (κ3) is 5.40. The van der Waals surface area contributed by atoms with Gasteiger partial charge in [-0.05, 0) is 79.0 Å². The number of benzene rings is 3. The highest BCUT2D eigenvalue weighted by molar-refractivity contribution is 5.70. The van der Waals surface area contributed by atoms with Crippen LogP contribution in [0.25, 0.3) is 11.1 Å². The zero-order chi connectivity index (χ0) is 23.4. The van der Waals surface area contributed by atoms with Crippen molar-refractivity contribution >= 4 is 0 Å². The lowest BCUT2D eigenvalue weighted by Crippen LogP contribution is -2.22. The summed E-state index contributed by atoms with van der Waals surface area (Å²) in [6.07, 6.45) is 3.48. The standard InChI is InChI=1S/C28H28F4O/c1-2-5-19-8-10-20(11-9-19)21-12-15-23(16-13-21)28(31,32)33-27-7-4-3-6-24(27)22-14-17-25(29)26(30)18-22/h3-4,6-7,12-20H,2,5,8-11H2,1H3/t19-,20-. The molecule has 1 nitrogen and oxygen atoms in total. The summed E-state index contributed by atoms with van der Waals surface area (Å²) in [5, 5.41) is 0. The summed E-state index contributed by atoms with van der Waals surface area (Å²) in [5.74, 6) is -0.949. The zero-order valence-corrected chi connectivity index (χ0v) is 18.7. The van der Waals surface area contributed by atoms with Gasteiger partial charge in [0.05, 0.1) is 5.56 Å². The van der Waals surface area contributed by atoms with Crippen LogP contribution >= 0.6 is 0 Å². The highest BCUT2D eigenvalue weighted by atomic mass is 19.3. The first-order chi connectivity index (χ1) is 15.9. The van der Waals surface area contributed by atoms with E-state index in [0.29, 0.717) is 5.92 Å². The van der Waals surface area contributed by atoms with Gasteiger partial charge < -0.3 is 4.74 Å². The van der Waals surface area contributed by atoms with Gasteiger partial charge in [0.1, 0.15) is 5.75 Å². The first-order valence-corrected chi connectivity index (χ1v) is 11.6. The lowest BCUT2D eigenvalue weighted by Gasteiger charge is -2.29. The van der Waals surface area contributed by atoms with Gasteiger partial charge in [-0.25, -0.2) is 8.78 Å². The maximum Gasteiger partial charge on any atom is 0.426 e. The van der Waals surface area contributed by atoms with Gasteiger partial charge in [-0.15, -0.1) is 0 Å². The van der Waals surface area contributed by atoms with E-state index in [1.807, 2.05) is 0 Å². The van der Waals surface area contributed by atoms with Crippen LogP contribution in [0.5, 0.6) is 5.75 Å². The van der Waals surface area contributed by atoms with Crippen molar-refractivity contribution in [1.29, 1.82) is 0 Å². The maximum absolute atomic E-state index is 15.0. The number of hydrogen-bond acceptors (Lipinski definition) is 1. The Balaban J connectivity index is 1.50. The van der Waals surface area contributed by atoms with E-state index in [1.165, 1.54) is 56.0 Å². The van der Waals surface area contributed by atoms with E-state index in [2.05, 4.69) is 6.92 Å². The van der Waals surface area contributed by atoms with Crippen molar-refractivity contribution in [3.05, 3.63) is 89.5 Å². The Morgan fingerprint density at radius 1 is 0.848 bits per heavy atom. The molecule has 1 fully saturated rings. The fraction of sp³-hybridized carbons (Fsp3) is 0.357. The monoisotopic (exact) mass is 456 g/mol. The highest BCUT2D eigenvalue weighted by Crippen LogP contribution is 2.40. The minimum atomic E-state index is -3.58. The Kier molecular flexibility index (Phi) is 7.06. The molecule has 0 spiro atoms. The molecular formula is C28H28F4O. The number of rotatable bonds is 7. The van der Waals surface area contributed by atoms with E-state index in [4.69, 9.17) is 4.74 Å². The molecular weight excluding hydrogens is 428 g/mol. The molecule has 0 N–H and O–H groups in total. The van der Waals surface area contributed by atoms with Gasteiger partial charge in [0, 0.05) is 5.56 Å². The van der Waals surface area contributed by atoms with Gasteiger partial charge in [0.15, 0.2) is 11.6 Å². The number of hydrogen-bond donors (Lipinski definition) is 0. The van der Waals surface area contributed by atoms with Crippen LogP contribution in [0.4, 0.5) is 17.6 Å². The topological polar surface area (TPSA) is 9.23 Å². The minimum absolute atomic E-state index is 0.105. The normalized spacial score (nSPS) is 18.8. The quantitative estimate of drug-likeness (QED) is 0.323. The third-order valence-electron chi connectivity index (χ3n) is 6.62. The van der Waals surface area contributed by atoms with Crippen molar-refractivity contribution < 1.29 is 22.3 Å². The highest BCUT2D eigenvalue weighted by Gasteiger charge is 2.35. The SMILES string of the molecule is CCC[C@H]1CC[C@H](c2ccc(C(F)(F)Oc3ccccc3-c3ccc(F)c(F)c3)cc2)CC1. The summed E-state index contributed by atoms with van der Waals surface area (Å²) in [6, 6.07) is 15.8. The second-order valence-corrected chi connectivity index (χ2v) is 8.87. The molecule has 174 valence electrons. The van der Waals surface area contributed by atoms with Crippen LogP contribution in [-0.4, -0.2) is 0 Å². The zero-order valence-electron chi connectivity index (χ0n) is 18.7. The lowest BCUT2D eigenvalue weighted by molar-refractivity contribution is -0.185. The van der Waals surface area contributed by atoms with Crippen LogP contribution in [-0.2, 0) is 6.11 Å². The van der Waals surface area contributed by atoms with Gasteiger partial charge in [-0.1, -0.05) is 56.2 Å². The Morgan fingerprint density at radius 2 is 1.55 bits per heavy atom. The molecule has 0 aromatic heterocycles. The van der Waals surface area contributed by atoms with Gasteiger partial charge in [0.2, 0.25) is 0 Å². The van der Waals surface area contributed by atoms with E-state index in [0.717, 1.165) is 36.5 Å². The van der Waals surface area contributed by atoms with E-state index >= 15 is 8.78 Å². The predicted octanol–water partition coefficient (Wildman–Crippen LogP) is 8.83. The molecule has 0 bridgehead atoms. The summed E-state index contributed by atoms with van der Waals surface area (Å²) < 4.78 is 62.2. The van der Waals surface area contributed by atoms with Gasteiger partial charge >= 0.3 is 6.11 Å². The third-order valence-corrected chi connectivity index (χ3v) is 6.62. The van der Waals surface area contributed by atoms with E-state index in [-0.39, 0.29) is 22.4 Å². The van der Waals surface area contributed by atoms with Crippen LogP contribution in [0.2, 0.25) is 0 Å². The van der Waals surface area contributed by atoms with Crippen molar-refractivity contribution in [1.82, 2.24) is 0 Å². The number of para-hydroxylation sites is 1. The summed E-state index contributed by atoms with van der Waals surface area (Å²) >= 11 is 0. The maximum atomic E-state index is 15.0. The summed E-state index contributed by atoms with van der Waals surface area (Å²) in [4.78, 5) is 0. The molecule has 0 aliphatic heterocycles. The lowest BCUT2D eigenvalue weighted by atomic mass is 9.77. The van der Waals surface area contributed by atoms with E-state index in [9.17, 15) is 8.78 Å². The number of halogens is 4. The second-order valence-electron chi connectivity index (χ2n) is 8.87. The second kappa shape index (κ2) is 9.98. The Morgan fingerprint density at radius 3 is 2.21 bits per heavy atom. The Hall–Kier alpha value is -2.82. The van der Waals surface area contributed by atoms with E-state index in [1.54, 1.807) is 24.3 Å². The van der Waals surface area contributed by atoms with Crippen LogP contribution in [0.1, 0.15) is 62.5 Å². The average Bonchev–Trinajstić information content (AvgIpc) is 2.82. The molecule has 0 atom stereocenters. The van der Waals surface area contributed by atoms with Crippen molar-refractivity contribution in [2.75, 3.05) is 0 Å². The molecule has 0 heterocycles. The van der Waals surface area contributed by atoms with Gasteiger partial charge in [-0.2, -0.15) is 8.78 Å². The first-order valence-electron chi connectivity index (χ1n) is 11.6. The Labute approximate surface area is 192 Å². The van der Waals surface area contributed by atoms with Crippen molar-refractivity contribution in [3.63, 3.8) is 0 Å². The van der Waals surface area contributed by atoms with Crippen molar-refractivity contribution in [3.8, 4) is 16.9 Å². The van der Waals surface area contributed by atoms with Crippen LogP contribution < -0.4 is 4.74 Å². The predicted molar refractivity (Wildman–Crippen MR) is 122 cm³/mol. The molecule has 33 heavy (non-hydrogen) atoms. The molecule has 0 saturated heterocycles. The van der Waals surface area contributed by atoms with Crippen LogP contribution in [0.3, 0.4) is 0 Å². The molecule has 3 aromatic carbocycles. The van der Waals surface area contributed by atoms with Crippen molar-refractivity contribution in [2.24, 2.45) is 5.92 Å². The van der Waals surface area contributed by atoms with Gasteiger partial charge in [0.25, 0.3) is 0 Å². The molecule has 0 unspecified atom stereocenters. The average molecular weight is 457 g/mol. The number of ether oxygens (including phenoxy) is 1. The van der Waals surface area contributed by atoms with Crippen LogP contribution in [0.15, 0.2) is 66.7 Å². The summed E-state index contributed by atoms with van der Waals surface area (Å²) in [6.45, 7) is 2.21. The first kappa shape index (κ1) is 23.3. The fourth-order valence-electron chi connectivity index (χ4n) is 4.80. The molecule has 0 amide bonds. The largest absolute Gasteiger partial charge is 0.428 e. The fourth-order valence-corrected chi connectivity index (χ4v) is 4.80. The molecule has 5 heteroatoms. The number of alkyl halides is 2. The van der Waals surface area contributed by atoms with E-state index < -0.39 is 17.7 Å². The molecule has 1 aliphatic rings. The van der Waals surface area contributed by atoms with Crippen molar-refractivity contribution in [2.45, 2.75) is 57.5 Å².